The third-order valence-corrected chi connectivity index (χ3v) is 10.2. The molecule has 2 aromatic carbocycles. The molecule has 0 amide bonds. The van der Waals surface area contributed by atoms with Gasteiger partial charge in [0.1, 0.15) is 22.9 Å². The molecule has 41 heavy (non-hydrogen) atoms. The minimum atomic E-state index is -5.16. The molecule has 0 radical (unpaired) electrons. The van der Waals surface area contributed by atoms with Crippen LogP contribution in [0.3, 0.4) is 0 Å². The Morgan fingerprint density at radius 3 is 1.44 bits per heavy atom. The van der Waals surface area contributed by atoms with Gasteiger partial charge in [-0.3, -0.25) is 0 Å². The fourth-order valence-corrected chi connectivity index (χ4v) is 7.74. The minimum Gasteiger partial charge on any atom is -0.432 e. The van der Waals surface area contributed by atoms with Crippen molar-refractivity contribution < 1.29 is 35.5 Å². The van der Waals surface area contributed by atoms with Crippen LogP contribution in [0, 0.1) is 47.1 Å². The molecule has 0 aromatic heterocycles. The lowest BCUT2D eigenvalue weighted by atomic mass is 9.65. The maximum Gasteiger partial charge on any atom is 0.422 e. The van der Waals surface area contributed by atoms with Crippen molar-refractivity contribution >= 4 is 0 Å². The van der Waals surface area contributed by atoms with Crippen molar-refractivity contribution in [1.29, 1.82) is 0 Å². The highest BCUT2D eigenvalue weighted by atomic mass is 19.4. The summed E-state index contributed by atoms with van der Waals surface area (Å²) in [6.45, 7) is 2.35. The first-order valence-corrected chi connectivity index (χ1v) is 15.1. The van der Waals surface area contributed by atoms with E-state index in [1.165, 1.54) is 75.6 Å². The standard InChI is InChI=1S/C33H39F7O/c1-20-2-4-21(5-3-20)22-6-8-23(9-7-22)24-10-14-27(15-11-24)33(39,40)41-28-16-12-25(13-17-28)26-18-29(34)31(30(35)19-26)32(36,37)38/h12-13,16-24,27H,2-11,14-15H2,1H3. The smallest absolute Gasteiger partial charge is 0.422 e. The number of rotatable bonds is 6. The van der Waals surface area contributed by atoms with Gasteiger partial charge in [0.15, 0.2) is 0 Å². The molecule has 2 aromatic rings. The molecule has 3 fully saturated rings. The molecule has 3 aliphatic carbocycles. The number of halogens is 7. The van der Waals surface area contributed by atoms with Crippen LogP contribution in [0.1, 0.15) is 89.5 Å². The first kappa shape index (κ1) is 30.2. The van der Waals surface area contributed by atoms with Crippen molar-refractivity contribution in [2.45, 2.75) is 96.3 Å². The second-order valence-corrected chi connectivity index (χ2v) is 12.8. The molecule has 0 heterocycles. The van der Waals surface area contributed by atoms with Crippen LogP contribution in [-0.4, -0.2) is 6.11 Å². The number of benzene rings is 2. The minimum absolute atomic E-state index is 0.107. The van der Waals surface area contributed by atoms with Gasteiger partial charge in [-0.05, 0) is 129 Å². The van der Waals surface area contributed by atoms with Crippen molar-refractivity contribution in [2.24, 2.45) is 35.5 Å². The molecule has 1 nitrogen and oxygen atoms in total. The van der Waals surface area contributed by atoms with Gasteiger partial charge in [0.2, 0.25) is 0 Å². The van der Waals surface area contributed by atoms with E-state index < -0.39 is 35.4 Å². The van der Waals surface area contributed by atoms with Crippen LogP contribution in [0.15, 0.2) is 36.4 Å². The molecular weight excluding hydrogens is 545 g/mol. The number of hydrogen-bond donors (Lipinski definition) is 0. The Balaban J connectivity index is 1.12. The molecule has 226 valence electrons. The van der Waals surface area contributed by atoms with Crippen LogP contribution >= 0.6 is 0 Å². The Kier molecular flexibility index (Phi) is 8.96. The molecule has 5 rings (SSSR count). The third kappa shape index (κ3) is 7.05. The quantitative estimate of drug-likeness (QED) is 0.307. The Morgan fingerprint density at radius 1 is 0.585 bits per heavy atom. The van der Waals surface area contributed by atoms with Gasteiger partial charge in [-0.25, -0.2) is 8.78 Å². The van der Waals surface area contributed by atoms with Gasteiger partial charge in [0, 0.05) is 0 Å². The largest absolute Gasteiger partial charge is 0.432 e. The maximum atomic E-state index is 15.1. The van der Waals surface area contributed by atoms with E-state index in [9.17, 15) is 22.0 Å². The van der Waals surface area contributed by atoms with Crippen molar-refractivity contribution in [2.75, 3.05) is 0 Å². The van der Waals surface area contributed by atoms with Crippen molar-refractivity contribution in [3.05, 3.63) is 53.6 Å². The molecule has 0 saturated heterocycles. The summed E-state index contributed by atoms with van der Waals surface area (Å²) in [4.78, 5) is 0. The monoisotopic (exact) mass is 584 g/mol. The lowest BCUT2D eigenvalue weighted by Crippen LogP contribution is -2.38. The molecule has 0 spiro atoms. The van der Waals surface area contributed by atoms with E-state index >= 15 is 8.78 Å². The average Bonchev–Trinajstić information content (AvgIpc) is 2.93. The van der Waals surface area contributed by atoms with Crippen molar-refractivity contribution in [3.8, 4) is 16.9 Å². The highest BCUT2D eigenvalue weighted by Gasteiger charge is 2.45. The topological polar surface area (TPSA) is 9.23 Å². The van der Waals surface area contributed by atoms with E-state index in [0.29, 0.717) is 36.8 Å². The Labute approximate surface area is 237 Å². The van der Waals surface area contributed by atoms with E-state index in [-0.39, 0.29) is 16.9 Å². The van der Waals surface area contributed by atoms with E-state index in [1.54, 1.807) is 0 Å². The lowest BCUT2D eigenvalue weighted by molar-refractivity contribution is -0.224. The molecule has 3 aliphatic rings. The second-order valence-electron chi connectivity index (χ2n) is 12.8. The molecule has 8 heteroatoms. The van der Waals surface area contributed by atoms with E-state index in [0.717, 1.165) is 30.6 Å². The molecule has 0 unspecified atom stereocenters. The van der Waals surface area contributed by atoms with E-state index in [1.807, 2.05) is 0 Å². The summed E-state index contributed by atoms with van der Waals surface area (Å²) in [6, 6.07) is 6.25. The van der Waals surface area contributed by atoms with Crippen LogP contribution in [-0.2, 0) is 6.18 Å². The van der Waals surface area contributed by atoms with Crippen LogP contribution in [0.2, 0.25) is 0 Å². The second kappa shape index (κ2) is 12.2. The molecule has 3 saturated carbocycles. The fraction of sp³-hybridized carbons (Fsp3) is 0.636. The lowest BCUT2D eigenvalue weighted by Gasteiger charge is -2.41. The van der Waals surface area contributed by atoms with Crippen molar-refractivity contribution in [3.63, 3.8) is 0 Å². The molecular formula is C33H39F7O. The Morgan fingerprint density at radius 2 is 1.00 bits per heavy atom. The van der Waals surface area contributed by atoms with E-state index in [2.05, 4.69) is 6.92 Å². The zero-order valence-corrected chi connectivity index (χ0v) is 23.5. The number of ether oxygens (including phenoxy) is 1. The Bertz CT molecular complexity index is 1130. The number of hydrogen-bond acceptors (Lipinski definition) is 1. The molecule has 0 aliphatic heterocycles. The zero-order valence-electron chi connectivity index (χ0n) is 23.5. The van der Waals surface area contributed by atoms with Gasteiger partial charge < -0.3 is 4.74 Å². The van der Waals surface area contributed by atoms with Gasteiger partial charge in [-0.2, -0.15) is 22.0 Å². The van der Waals surface area contributed by atoms with Gasteiger partial charge in [-0.1, -0.05) is 31.9 Å². The average molecular weight is 585 g/mol. The van der Waals surface area contributed by atoms with Crippen molar-refractivity contribution in [1.82, 2.24) is 0 Å². The normalized spacial score (nSPS) is 29.8. The predicted molar refractivity (Wildman–Crippen MR) is 144 cm³/mol. The van der Waals surface area contributed by atoms with Gasteiger partial charge in [0.25, 0.3) is 0 Å². The van der Waals surface area contributed by atoms with E-state index in [4.69, 9.17) is 4.74 Å². The highest BCUT2D eigenvalue weighted by Crippen LogP contribution is 2.48. The molecule has 0 atom stereocenters. The van der Waals surface area contributed by atoms with Crippen LogP contribution in [0.5, 0.6) is 5.75 Å². The molecule has 0 bridgehead atoms. The highest BCUT2D eigenvalue weighted by molar-refractivity contribution is 5.65. The summed E-state index contributed by atoms with van der Waals surface area (Å²) < 4.78 is 102. The fourth-order valence-electron chi connectivity index (χ4n) is 7.74. The van der Waals surface area contributed by atoms with Gasteiger partial charge >= 0.3 is 12.3 Å². The number of alkyl halides is 5. The summed E-state index contributed by atoms with van der Waals surface area (Å²) in [7, 11) is 0. The summed E-state index contributed by atoms with van der Waals surface area (Å²) in [5.74, 6) is -0.745. The van der Waals surface area contributed by atoms with Crippen LogP contribution < -0.4 is 4.74 Å². The van der Waals surface area contributed by atoms with Gasteiger partial charge in [0.05, 0.1) is 5.92 Å². The first-order valence-electron chi connectivity index (χ1n) is 15.1. The first-order chi connectivity index (χ1) is 19.4. The summed E-state index contributed by atoms with van der Waals surface area (Å²) >= 11 is 0. The van der Waals surface area contributed by atoms with Gasteiger partial charge in [-0.15, -0.1) is 0 Å². The summed E-state index contributed by atoms with van der Waals surface area (Å²) in [5, 5.41) is 0. The SMILES string of the molecule is CC1CCC(C2CCC(C3CCC(C(F)(F)Oc4ccc(-c5cc(F)c(C(F)(F)F)c(F)c5)cc4)CC3)CC2)CC1. The maximum absolute atomic E-state index is 15.1. The Hall–Kier alpha value is -2.25. The van der Waals surface area contributed by atoms with Crippen LogP contribution in [0.25, 0.3) is 11.1 Å². The predicted octanol–water partition coefficient (Wildman–Crippen LogP) is 11.1. The third-order valence-electron chi connectivity index (χ3n) is 10.2. The summed E-state index contributed by atoms with van der Waals surface area (Å²) in [6.07, 6.45) is 4.29. The summed E-state index contributed by atoms with van der Waals surface area (Å²) in [5.41, 5.74) is -1.91. The molecule has 0 N–H and O–H groups in total. The van der Waals surface area contributed by atoms with Crippen LogP contribution in [0.4, 0.5) is 30.7 Å². The zero-order chi connectivity index (χ0) is 29.4.